The smallest absolute Gasteiger partial charge is 0.408 e. The fraction of sp³-hybridized carbons (Fsp3) is 0.318. The predicted molar refractivity (Wildman–Crippen MR) is 109 cm³/mol. The predicted octanol–water partition coefficient (Wildman–Crippen LogP) is 2.66. The minimum atomic E-state index is -1.17. The maximum Gasteiger partial charge on any atom is 0.408 e. The number of hydrogen-bond acceptors (Lipinski definition) is 7. The second kappa shape index (κ2) is 8.95. The van der Waals surface area contributed by atoms with E-state index in [1.807, 2.05) is 0 Å². The van der Waals surface area contributed by atoms with Crippen LogP contribution in [0.4, 0.5) is 4.79 Å². The Morgan fingerprint density at radius 2 is 1.65 bits per heavy atom. The molecule has 1 atom stereocenters. The van der Waals surface area contributed by atoms with Gasteiger partial charge in [0.05, 0.1) is 11.1 Å². The van der Waals surface area contributed by atoms with E-state index in [0.717, 1.165) is 0 Å². The Hall–Kier alpha value is -3.75. The van der Waals surface area contributed by atoms with Gasteiger partial charge < -0.3 is 14.9 Å². The third kappa shape index (κ3) is 5.44. The number of nitrogens with zero attached hydrogens (tertiary/aromatic N) is 2. The SMILES string of the molecule is CC(C)(C)OC(=O)NC(CCc1ccccn1)C(=O)ON1C(=O)c2ccccc2C1=O. The molecule has 1 N–H and O–H groups in total. The molecule has 9 heteroatoms. The number of hydrogen-bond donors (Lipinski definition) is 1. The molecule has 2 aromatic rings. The summed E-state index contributed by atoms with van der Waals surface area (Å²) in [5.74, 6) is -2.44. The first-order chi connectivity index (χ1) is 14.7. The van der Waals surface area contributed by atoms with Gasteiger partial charge >= 0.3 is 12.1 Å². The van der Waals surface area contributed by atoms with Gasteiger partial charge in [-0.05, 0) is 57.9 Å². The van der Waals surface area contributed by atoms with Gasteiger partial charge in [0, 0.05) is 11.9 Å². The first-order valence-corrected chi connectivity index (χ1v) is 9.75. The number of amides is 3. The largest absolute Gasteiger partial charge is 0.444 e. The van der Waals surface area contributed by atoms with E-state index >= 15 is 0 Å². The van der Waals surface area contributed by atoms with Gasteiger partial charge in [-0.1, -0.05) is 23.3 Å². The molecule has 1 unspecified atom stereocenters. The third-order valence-electron chi connectivity index (χ3n) is 4.33. The van der Waals surface area contributed by atoms with Crippen LogP contribution in [0.2, 0.25) is 0 Å². The number of ether oxygens (including phenoxy) is 1. The van der Waals surface area contributed by atoms with Crippen molar-refractivity contribution in [3.05, 3.63) is 65.5 Å². The van der Waals surface area contributed by atoms with Gasteiger partial charge in [-0.3, -0.25) is 14.6 Å². The van der Waals surface area contributed by atoms with Crippen molar-refractivity contribution < 1.29 is 28.8 Å². The molecule has 3 rings (SSSR count). The van der Waals surface area contributed by atoms with Crippen molar-refractivity contribution in [3.63, 3.8) is 0 Å². The number of carbonyl (C=O) groups excluding carboxylic acids is 4. The lowest BCUT2D eigenvalue weighted by atomic mass is 10.1. The molecule has 1 aliphatic heterocycles. The first kappa shape index (κ1) is 21.9. The quantitative estimate of drug-likeness (QED) is 0.708. The molecule has 1 aromatic carbocycles. The van der Waals surface area contributed by atoms with Gasteiger partial charge in [0.25, 0.3) is 11.8 Å². The van der Waals surface area contributed by atoms with Crippen molar-refractivity contribution in [2.75, 3.05) is 0 Å². The van der Waals surface area contributed by atoms with Gasteiger partial charge in [-0.25, -0.2) is 9.59 Å². The van der Waals surface area contributed by atoms with Gasteiger partial charge in [0.2, 0.25) is 0 Å². The van der Waals surface area contributed by atoms with Crippen molar-refractivity contribution in [1.29, 1.82) is 0 Å². The number of hydroxylamine groups is 2. The fourth-order valence-corrected chi connectivity index (χ4v) is 2.94. The molecule has 31 heavy (non-hydrogen) atoms. The topological polar surface area (TPSA) is 115 Å². The maximum absolute atomic E-state index is 12.8. The zero-order chi connectivity index (χ0) is 22.6. The molecular weight excluding hydrogens is 402 g/mol. The van der Waals surface area contributed by atoms with Crippen LogP contribution in [0.15, 0.2) is 48.7 Å². The van der Waals surface area contributed by atoms with Gasteiger partial charge in [0.1, 0.15) is 11.6 Å². The second-order valence-corrected chi connectivity index (χ2v) is 7.92. The number of carbonyl (C=O) groups is 4. The highest BCUT2D eigenvalue weighted by Crippen LogP contribution is 2.23. The molecule has 0 saturated carbocycles. The number of alkyl carbamates (subject to hydrolysis) is 1. The van der Waals surface area contributed by atoms with Gasteiger partial charge in [0.15, 0.2) is 0 Å². The molecule has 0 fully saturated rings. The average Bonchev–Trinajstić information content (AvgIpc) is 2.95. The third-order valence-corrected chi connectivity index (χ3v) is 4.33. The van der Waals surface area contributed by atoms with Crippen LogP contribution in [0, 0.1) is 0 Å². The number of benzene rings is 1. The van der Waals surface area contributed by atoms with Gasteiger partial charge in [-0.15, -0.1) is 0 Å². The first-order valence-electron chi connectivity index (χ1n) is 9.75. The van der Waals surface area contributed by atoms with Crippen LogP contribution in [-0.4, -0.2) is 45.6 Å². The van der Waals surface area contributed by atoms with Crippen LogP contribution in [-0.2, 0) is 20.8 Å². The molecule has 0 bridgehead atoms. The normalized spacial score (nSPS) is 14.1. The van der Waals surface area contributed by atoms with Crippen molar-refractivity contribution in [1.82, 2.24) is 15.4 Å². The number of nitrogens with one attached hydrogen (secondary N) is 1. The van der Waals surface area contributed by atoms with E-state index in [1.54, 1.807) is 57.3 Å². The zero-order valence-electron chi connectivity index (χ0n) is 17.5. The number of pyridine rings is 1. The molecule has 1 aliphatic rings. The molecule has 162 valence electrons. The second-order valence-electron chi connectivity index (χ2n) is 7.92. The monoisotopic (exact) mass is 425 g/mol. The highest BCUT2D eigenvalue weighted by atomic mass is 16.7. The Bertz CT molecular complexity index is 965. The molecule has 0 spiro atoms. The zero-order valence-corrected chi connectivity index (χ0v) is 17.5. The van der Waals surface area contributed by atoms with E-state index < -0.39 is 35.5 Å². The summed E-state index contributed by atoms with van der Waals surface area (Å²) < 4.78 is 5.21. The van der Waals surface area contributed by atoms with Crippen LogP contribution < -0.4 is 5.32 Å². The van der Waals surface area contributed by atoms with Crippen LogP contribution in [0.3, 0.4) is 0 Å². The molecule has 0 saturated heterocycles. The Labute approximate surface area is 179 Å². The Kier molecular flexibility index (Phi) is 6.33. The Morgan fingerprint density at radius 3 is 2.19 bits per heavy atom. The van der Waals surface area contributed by atoms with E-state index in [0.29, 0.717) is 17.2 Å². The van der Waals surface area contributed by atoms with E-state index in [4.69, 9.17) is 9.57 Å². The highest BCUT2D eigenvalue weighted by Gasteiger charge is 2.40. The minimum Gasteiger partial charge on any atom is -0.444 e. The fourth-order valence-electron chi connectivity index (χ4n) is 2.94. The lowest BCUT2D eigenvalue weighted by molar-refractivity contribution is -0.171. The molecular formula is C22H23N3O6. The molecule has 2 heterocycles. The Balaban J connectivity index is 1.73. The summed E-state index contributed by atoms with van der Waals surface area (Å²) in [6.45, 7) is 5.06. The summed E-state index contributed by atoms with van der Waals surface area (Å²) in [6.07, 6.45) is 1.26. The van der Waals surface area contributed by atoms with E-state index in [-0.39, 0.29) is 17.5 Å². The number of aryl methyl sites for hydroxylation is 1. The van der Waals surface area contributed by atoms with Crippen LogP contribution in [0.1, 0.15) is 53.6 Å². The number of fused-ring (bicyclic) bond motifs is 1. The standard InChI is InChI=1S/C22H23N3O6/c1-22(2,3)30-21(29)24-17(12-11-14-8-6-7-13-23-14)20(28)31-25-18(26)15-9-4-5-10-16(15)19(25)27/h4-10,13,17H,11-12H2,1-3H3,(H,24,29). The lowest BCUT2D eigenvalue weighted by Crippen LogP contribution is -2.47. The molecule has 1 aromatic heterocycles. The minimum absolute atomic E-state index is 0.123. The molecule has 0 aliphatic carbocycles. The molecule has 0 radical (unpaired) electrons. The van der Waals surface area contributed by atoms with Crippen molar-refractivity contribution in [2.24, 2.45) is 0 Å². The molecule has 3 amide bonds. The van der Waals surface area contributed by atoms with E-state index in [1.165, 1.54) is 12.1 Å². The summed E-state index contributed by atoms with van der Waals surface area (Å²) in [5, 5.41) is 2.87. The van der Waals surface area contributed by atoms with Gasteiger partial charge in [-0.2, -0.15) is 0 Å². The Morgan fingerprint density at radius 1 is 1.03 bits per heavy atom. The van der Waals surface area contributed by atoms with Crippen molar-refractivity contribution in [2.45, 2.75) is 45.3 Å². The van der Waals surface area contributed by atoms with Crippen molar-refractivity contribution in [3.8, 4) is 0 Å². The van der Waals surface area contributed by atoms with Crippen LogP contribution >= 0.6 is 0 Å². The lowest BCUT2D eigenvalue weighted by Gasteiger charge is -2.23. The number of aromatic nitrogens is 1. The van der Waals surface area contributed by atoms with E-state index in [2.05, 4.69) is 10.3 Å². The summed E-state index contributed by atoms with van der Waals surface area (Å²) >= 11 is 0. The number of rotatable bonds is 6. The summed E-state index contributed by atoms with van der Waals surface area (Å²) in [7, 11) is 0. The number of imide groups is 1. The van der Waals surface area contributed by atoms with Crippen molar-refractivity contribution >= 4 is 23.9 Å². The average molecular weight is 425 g/mol. The summed E-state index contributed by atoms with van der Waals surface area (Å²) in [5.41, 5.74) is 0.213. The van der Waals surface area contributed by atoms with Crippen LogP contribution in [0.25, 0.3) is 0 Å². The maximum atomic E-state index is 12.8. The van der Waals surface area contributed by atoms with E-state index in [9.17, 15) is 19.2 Å². The summed E-state index contributed by atoms with van der Waals surface area (Å²) in [4.78, 5) is 59.2. The molecule has 9 nitrogen and oxygen atoms in total. The highest BCUT2D eigenvalue weighted by molar-refractivity contribution is 6.20. The summed E-state index contributed by atoms with van der Waals surface area (Å²) in [6, 6.07) is 10.3. The van der Waals surface area contributed by atoms with Crippen LogP contribution in [0.5, 0.6) is 0 Å².